The third-order valence-corrected chi connectivity index (χ3v) is 2.67. The number of hydrogen-bond donors (Lipinski definition) is 2. The smallest absolute Gasteiger partial charge is 0.220 e. The van der Waals surface area contributed by atoms with Gasteiger partial charge in [-0.05, 0) is 38.1 Å². The third kappa shape index (κ3) is 4.27. The number of nitrogens with two attached hydrogens (primary N) is 1. The van der Waals surface area contributed by atoms with Gasteiger partial charge in [0.1, 0.15) is 0 Å². The summed E-state index contributed by atoms with van der Waals surface area (Å²) < 4.78 is 0. The van der Waals surface area contributed by atoms with Gasteiger partial charge >= 0.3 is 0 Å². The molecule has 0 aliphatic heterocycles. The van der Waals surface area contributed by atoms with Crippen LogP contribution in [0.4, 0.5) is 0 Å². The van der Waals surface area contributed by atoms with Crippen LogP contribution < -0.4 is 11.1 Å². The maximum Gasteiger partial charge on any atom is 0.220 e. The highest BCUT2D eigenvalue weighted by molar-refractivity contribution is 5.75. The van der Waals surface area contributed by atoms with Crippen LogP contribution in [-0.4, -0.2) is 19.0 Å². The van der Waals surface area contributed by atoms with Crippen molar-refractivity contribution in [3.05, 3.63) is 0 Å². The molecule has 0 saturated heterocycles. The lowest BCUT2D eigenvalue weighted by Crippen LogP contribution is -2.31. The predicted molar refractivity (Wildman–Crippen MR) is 53.3 cm³/mol. The standard InChI is InChI=1S/C10H20N2O/c11-7-2-1-6-10(13)12-8-9-4-3-5-9/h9H,1-8,11H2,(H,12,13). The van der Waals surface area contributed by atoms with Gasteiger partial charge in [-0.2, -0.15) is 0 Å². The fourth-order valence-corrected chi connectivity index (χ4v) is 1.47. The second kappa shape index (κ2) is 5.97. The van der Waals surface area contributed by atoms with Crippen molar-refractivity contribution in [1.29, 1.82) is 0 Å². The van der Waals surface area contributed by atoms with Crippen molar-refractivity contribution in [3.63, 3.8) is 0 Å². The van der Waals surface area contributed by atoms with E-state index in [1.54, 1.807) is 0 Å². The third-order valence-electron chi connectivity index (χ3n) is 2.67. The second-order valence-electron chi connectivity index (χ2n) is 3.85. The highest BCUT2D eigenvalue weighted by atomic mass is 16.1. The molecule has 0 aromatic carbocycles. The fourth-order valence-electron chi connectivity index (χ4n) is 1.47. The van der Waals surface area contributed by atoms with Gasteiger partial charge in [-0.3, -0.25) is 4.79 Å². The van der Waals surface area contributed by atoms with Crippen molar-refractivity contribution in [1.82, 2.24) is 5.32 Å². The maximum absolute atomic E-state index is 11.2. The Morgan fingerprint density at radius 3 is 2.69 bits per heavy atom. The molecule has 3 heteroatoms. The summed E-state index contributed by atoms with van der Waals surface area (Å²) in [5.74, 6) is 0.957. The molecule has 0 heterocycles. The molecule has 0 unspecified atom stereocenters. The van der Waals surface area contributed by atoms with E-state index >= 15 is 0 Å². The molecule has 1 fully saturated rings. The highest BCUT2D eigenvalue weighted by Gasteiger charge is 2.17. The monoisotopic (exact) mass is 184 g/mol. The number of amides is 1. The minimum Gasteiger partial charge on any atom is -0.356 e. The number of carbonyl (C=O) groups excluding carboxylic acids is 1. The van der Waals surface area contributed by atoms with Gasteiger partial charge in [-0.1, -0.05) is 6.42 Å². The highest BCUT2D eigenvalue weighted by Crippen LogP contribution is 2.25. The minimum absolute atomic E-state index is 0.195. The molecule has 0 atom stereocenters. The summed E-state index contributed by atoms with van der Waals surface area (Å²) in [5, 5.41) is 2.96. The number of hydrogen-bond acceptors (Lipinski definition) is 2. The summed E-state index contributed by atoms with van der Waals surface area (Å²) in [4.78, 5) is 11.2. The molecule has 3 nitrogen and oxygen atoms in total. The predicted octanol–water partition coefficient (Wildman–Crippen LogP) is 1.03. The Balaban J connectivity index is 1.90. The minimum atomic E-state index is 0.195. The Kier molecular flexibility index (Phi) is 4.83. The Morgan fingerprint density at radius 2 is 2.15 bits per heavy atom. The Hall–Kier alpha value is -0.570. The normalized spacial score (nSPS) is 16.7. The average Bonchev–Trinajstić information content (AvgIpc) is 2.02. The zero-order valence-corrected chi connectivity index (χ0v) is 8.22. The molecule has 1 aliphatic carbocycles. The van der Waals surface area contributed by atoms with Crippen LogP contribution in [0.5, 0.6) is 0 Å². The van der Waals surface area contributed by atoms with Crippen molar-refractivity contribution in [2.24, 2.45) is 11.7 Å². The SMILES string of the molecule is NCCCCC(=O)NCC1CCC1. The first-order valence-corrected chi connectivity index (χ1v) is 5.29. The van der Waals surface area contributed by atoms with Gasteiger partial charge in [0.15, 0.2) is 0 Å². The van der Waals surface area contributed by atoms with E-state index in [1.165, 1.54) is 19.3 Å². The molecular weight excluding hydrogens is 164 g/mol. The van der Waals surface area contributed by atoms with E-state index in [-0.39, 0.29) is 5.91 Å². The van der Waals surface area contributed by atoms with Crippen LogP contribution in [0.1, 0.15) is 38.5 Å². The Morgan fingerprint density at radius 1 is 1.38 bits per heavy atom. The number of nitrogens with one attached hydrogen (secondary N) is 1. The van der Waals surface area contributed by atoms with Crippen LogP contribution in [0.3, 0.4) is 0 Å². The summed E-state index contributed by atoms with van der Waals surface area (Å²) in [6.45, 7) is 1.58. The lowest BCUT2D eigenvalue weighted by atomic mass is 9.85. The molecule has 1 rings (SSSR count). The van der Waals surface area contributed by atoms with Gasteiger partial charge < -0.3 is 11.1 Å². The molecule has 0 aromatic rings. The summed E-state index contributed by atoms with van der Waals surface area (Å²) in [6, 6.07) is 0. The molecule has 0 bridgehead atoms. The number of rotatable bonds is 6. The molecule has 0 aromatic heterocycles. The van der Waals surface area contributed by atoms with Gasteiger partial charge in [-0.15, -0.1) is 0 Å². The topological polar surface area (TPSA) is 55.1 Å². The van der Waals surface area contributed by atoms with Gasteiger partial charge in [0.25, 0.3) is 0 Å². The first-order chi connectivity index (χ1) is 6.33. The quantitative estimate of drug-likeness (QED) is 0.606. The van der Waals surface area contributed by atoms with E-state index in [2.05, 4.69) is 5.32 Å². The van der Waals surface area contributed by atoms with Gasteiger partial charge in [0.2, 0.25) is 5.91 Å². The summed E-state index contributed by atoms with van der Waals surface area (Å²) in [7, 11) is 0. The molecule has 76 valence electrons. The fraction of sp³-hybridized carbons (Fsp3) is 0.900. The molecule has 3 N–H and O–H groups in total. The van der Waals surface area contributed by atoms with E-state index in [4.69, 9.17) is 5.73 Å². The van der Waals surface area contributed by atoms with Crippen molar-refractivity contribution in [3.8, 4) is 0 Å². The van der Waals surface area contributed by atoms with Crippen LogP contribution in [0.2, 0.25) is 0 Å². The molecule has 1 amide bonds. The zero-order chi connectivity index (χ0) is 9.52. The van der Waals surface area contributed by atoms with Crippen molar-refractivity contribution < 1.29 is 4.79 Å². The van der Waals surface area contributed by atoms with Crippen LogP contribution in [0.25, 0.3) is 0 Å². The van der Waals surface area contributed by atoms with E-state index in [1.807, 2.05) is 0 Å². The van der Waals surface area contributed by atoms with Gasteiger partial charge in [-0.25, -0.2) is 0 Å². The van der Waals surface area contributed by atoms with Crippen molar-refractivity contribution in [2.45, 2.75) is 38.5 Å². The molecular formula is C10H20N2O. The summed E-state index contributed by atoms with van der Waals surface area (Å²) in [5.41, 5.74) is 5.34. The van der Waals surface area contributed by atoms with E-state index in [0.29, 0.717) is 13.0 Å². The van der Waals surface area contributed by atoms with Gasteiger partial charge in [0.05, 0.1) is 0 Å². The number of carbonyl (C=O) groups is 1. The summed E-state index contributed by atoms with van der Waals surface area (Å²) in [6.07, 6.45) is 6.45. The molecule has 0 spiro atoms. The molecule has 1 aliphatic rings. The first-order valence-electron chi connectivity index (χ1n) is 5.29. The van der Waals surface area contributed by atoms with E-state index in [9.17, 15) is 4.79 Å². The average molecular weight is 184 g/mol. The van der Waals surface area contributed by atoms with Crippen molar-refractivity contribution in [2.75, 3.05) is 13.1 Å². The van der Waals surface area contributed by atoms with Gasteiger partial charge in [0, 0.05) is 13.0 Å². The van der Waals surface area contributed by atoms with Crippen LogP contribution in [0.15, 0.2) is 0 Å². The first kappa shape index (κ1) is 10.5. The van der Waals surface area contributed by atoms with Crippen LogP contribution in [-0.2, 0) is 4.79 Å². The lowest BCUT2D eigenvalue weighted by molar-refractivity contribution is -0.121. The Bertz CT molecular complexity index is 155. The second-order valence-corrected chi connectivity index (χ2v) is 3.85. The number of unbranched alkanes of at least 4 members (excludes halogenated alkanes) is 1. The molecule has 1 saturated carbocycles. The molecule has 0 radical (unpaired) electrons. The summed E-state index contributed by atoms with van der Waals surface area (Å²) >= 11 is 0. The Labute approximate surface area is 80.1 Å². The van der Waals surface area contributed by atoms with Crippen molar-refractivity contribution >= 4 is 5.91 Å². The molecule has 13 heavy (non-hydrogen) atoms. The maximum atomic E-state index is 11.2. The lowest BCUT2D eigenvalue weighted by Gasteiger charge is -2.25. The van der Waals surface area contributed by atoms with E-state index < -0.39 is 0 Å². The zero-order valence-electron chi connectivity index (χ0n) is 8.22. The van der Waals surface area contributed by atoms with Crippen LogP contribution >= 0.6 is 0 Å². The largest absolute Gasteiger partial charge is 0.356 e. The van der Waals surface area contributed by atoms with Crippen LogP contribution in [0, 0.1) is 5.92 Å². The van der Waals surface area contributed by atoms with E-state index in [0.717, 1.165) is 25.3 Å².